The number of carbonyl (C=O) groups excluding carboxylic acids is 1. The van der Waals surface area contributed by atoms with Crippen LogP contribution in [0, 0.1) is 17.3 Å². The lowest BCUT2D eigenvalue weighted by molar-refractivity contribution is -0.195. The van der Waals surface area contributed by atoms with E-state index in [2.05, 4.69) is 26.5 Å². The average Bonchev–Trinajstić information content (AvgIpc) is 3.19. The van der Waals surface area contributed by atoms with Gasteiger partial charge < -0.3 is 25.5 Å². The molecule has 2 fully saturated rings. The van der Waals surface area contributed by atoms with Crippen LogP contribution in [0.5, 0.6) is 0 Å². The third kappa shape index (κ3) is 6.35. The smallest absolute Gasteiger partial charge is 0.145 e. The maximum Gasteiger partial charge on any atom is 0.145 e. The molecule has 0 amide bonds. The second-order valence-electron chi connectivity index (χ2n) is 10.8. The van der Waals surface area contributed by atoms with Gasteiger partial charge in [0.2, 0.25) is 0 Å². The zero-order valence-corrected chi connectivity index (χ0v) is 22.2. The number of allylic oxidation sites excluding steroid dienone is 8. The van der Waals surface area contributed by atoms with E-state index in [1.54, 1.807) is 6.92 Å². The third-order valence-corrected chi connectivity index (χ3v) is 8.41. The Balaban J connectivity index is 2.40. The van der Waals surface area contributed by atoms with Crippen LogP contribution in [0.25, 0.3) is 0 Å². The van der Waals surface area contributed by atoms with Gasteiger partial charge in [0, 0.05) is 17.9 Å². The normalized spacial score (nSPS) is 32.2. The Morgan fingerprint density at radius 2 is 1.89 bits per heavy atom. The standard InChI is InChI=1S/C30H46O6/c1-21(2)8-5-9-22(3)10-6-11-24(19-33)26-14-16-30(28(26)35)27(12-7-17-31)25(23(4)18-32)13-15-29(30,36)20-34/h6,8,10-11,18,26-28,31,33-36H,3,5,7,9,12-17,19-20H2,1-2,4H3. The number of aliphatic hydroxyl groups excluding tert-OH is 4. The third-order valence-electron chi connectivity index (χ3n) is 8.41. The van der Waals surface area contributed by atoms with Gasteiger partial charge >= 0.3 is 0 Å². The maximum absolute atomic E-state index is 11.8. The van der Waals surface area contributed by atoms with Crippen molar-refractivity contribution in [2.24, 2.45) is 17.3 Å². The zero-order chi connectivity index (χ0) is 26.9. The summed E-state index contributed by atoms with van der Waals surface area (Å²) in [5, 5.41) is 53.6. The molecule has 0 bridgehead atoms. The van der Waals surface area contributed by atoms with Gasteiger partial charge in [-0.05, 0) is 89.2 Å². The van der Waals surface area contributed by atoms with Gasteiger partial charge in [0.15, 0.2) is 0 Å². The Kier molecular flexibility index (Phi) is 11.5. The topological polar surface area (TPSA) is 118 Å². The predicted molar refractivity (Wildman–Crippen MR) is 143 cm³/mol. The van der Waals surface area contributed by atoms with Gasteiger partial charge in [-0.25, -0.2) is 0 Å². The highest BCUT2D eigenvalue weighted by molar-refractivity contribution is 5.74. The number of aliphatic hydroxyl groups is 5. The van der Waals surface area contributed by atoms with Gasteiger partial charge in [-0.2, -0.15) is 0 Å². The number of rotatable bonds is 12. The quantitative estimate of drug-likeness (QED) is 0.119. The monoisotopic (exact) mass is 502 g/mol. The van der Waals surface area contributed by atoms with Crippen molar-refractivity contribution in [1.29, 1.82) is 0 Å². The van der Waals surface area contributed by atoms with Crippen molar-refractivity contribution < 1.29 is 30.3 Å². The molecule has 6 nitrogen and oxygen atoms in total. The molecule has 1 spiro atoms. The first-order valence-corrected chi connectivity index (χ1v) is 13.2. The summed E-state index contributed by atoms with van der Waals surface area (Å²) in [5.74, 6) is -0.754. The summed E-state index contributed by atoms with van der Waals surface area (Å²) in [4.78, 5) is 11.7. The number of hydrogen-bond acceptors (Lipinski definition) is 6. The Hall–Kier alpha value is -1.83. The predicted octanol–water partition coefficient (Wildman–Crippen LogP) is 3.94. The Bertz CT molecular complexity index is 893. The van der Waals surface area contributed by atoms with Crippen LogP contribution in [0.2, 0.25) is 0 Å². The Morgan fingerprint density at radius 1 is 1.17 bits per heavy atom. The van der Waals surface area contributed by atoms with Crippen molar-refractivity contribution in [3.63, 3.8) is 0 Å². The second-order valence-corrected chi connectivity index (χ2v) is 10.8. The molecule has 202 valence electrons. The first-order chi connectivity index (χ1) is 17.1. The molecule has 5 atom stereocenters. The van der Waals surface area contributed by atoms with Gasteiger partial charge in [-0.1, -0.05) is 47.6 Å². The number of hydrogen-bond donors (Lipinski definition) is 5. The minimum absolute atomic E-state index is 0.0405. The minimum Gasteiger partial charge on any atom is -0.396 e. The fourth-order valence-electron chi connectivity index (χ4n) is 6.45. The van der Waals surface area contributed by atoms with E-state index in [4.69, 9.17) is 0 Å². The van der Waals surface area contributed by atoms with E-state index in [9.17, 15) is 30.3 Å². The molecule has 0 aromatic carbocycles. The molecule has 0 heterocycles. The first kappa shape index (κ1) is 30.4. The summed E-state index contributed by atoms with van der Waals surface area (Å²) in [7, 11) is 0. The minimum atomic E-state index is -1.52. The average molecular weight is 503 g/mol. The van der Waals surface area contributed by atoms with Crippen LogP contribution < -0.4 is 0 Å². The van der Waals surface area contributed by atoms with Crippen molar-refractivity contribution in [2.45, 2.75) is 83.8 Å². The molecular formula is C30H46O6. The van der Waals surface area contributed by atoms with E-state index in [0.717, 1.165) is 30.3 Å². The highest BCUT2D eigenvalue weighted by Crippen LogP contribution is 2.62. The number of carbonyl (C=O) groups is 1. The maximum atomic E-state index is 11.8. The largest absolute Gasteiger partial charge is 0.396 e. The molecule has 6 heteroatoms. The van der Waals surface area contributed by atoms with Crippen LogP contribution in [0.3, 0.4) is 0 Å². The first-order valence-electron chi connectivity index (χ1n) is 13.2. The molecule has 36 heavy (non-hydrogen) atoms. The Labute approximate surface area is 216 Å². The van der Waals surface area contributed by atoms with Crippen molar-refractivity contribution in [1.82, 2.24) is 0 Å². The molecule has 2 rings (SSSR count). The van der Waals surface area contributed by atoms with Gasteiger partial charge in [-0.3, -0.25) is 4.79 Å². The SMILES string of the molecule is C=C(C=CC=C(CO)C1CCC2(C(CCCO)C(=C(C)C=O)CCC2(O)CO)C1O)CCC=C(C)C. The molecular weight excluding hydrogens is 456 g/mol. The highest BCUT2D eigenvalue weighted by Gasteiger charge is 2.65. The van der Waals surface area contributed by atoms with E-state index in [0.29, 0.717) is 43.3 Å². The van der Waals surface area contributed by atoms with Crippen LogP contribution in [0.1, 0.15) is 72.1 Å². The molecule has 2 aliphatic rings. The summed E-state index contributed by atoms with van der Waals surface area (Å²) >= 11 is 0. The lowest BCUT2D eigenvalue weighted by Gasteiger charge is -2.56. The molecule has 2 saturated carbocycles. The fraction of sp³-hybridized carbons (Fsp3) is 0.633. The van der Waals surface area contributed by atoms with Gasteiger partial charge in [-0.15, -0.1) is 0 Å². The molecule has 2 aliphatic carbocycles. The van der Waals surface area contributed by atoms with Gasteiger partial charge in [0.05, 0.1) is 24.9 Å². The van der Waals surface area contributed by atoms with Crippen molar-refractivity contribution in [3.05, 3.63) is 58.7 Å². The van der Waals surface area contributed by atoms with Gasteiger partial charge in [0.1, 0.15) is 6.29 Å². The molecule has 5 N–H and O–H groups in total. The summed E-state index contributed by atoms with van der Waals surface area (Å²) in [6.07, 6.45) is 11.9. The molecule has 5 unspecified atom stereocenters. The summed E-state index contributed by atoms with van der Waals surface area (Å²) in [6, 6.07) is 0. The number of aldehydes is 1. The molecule has 0 radical (unpaired) electrons. The zero-order valence-electron chi connectivity index (χ0n) is 22.2. The fourth-order valence-corrected chi connectivity index (χ4v) is 6.45. The van der Waals surface area contributed by atoms with E-state index in [1.807, 2.05) is 18.2 Å². The molecule has 0 saturated heterocycles. The lowest BCUT2D eigenvalue weighted by Crippen LogP contribution is -2.62. The van der Waals surface area contributed by atoms with E-state index in [1.165, 1.54) is 5.57 Å². The van der Waals surface area contributed by atoms with Crippen molar-refractivity contribution in [3.8, 4) is 0 Å². The van der Waals surface area contributed by atoms with Crippen LogP contribution in [-0.4, -0.2) is 63.3 Å². The summed E-state index contributed by atoms with van der Waals surface area (Å²) in [6.45, 7) is 9.18. The molecule has 0 aromatic rings. The van der Waals surface area contributed by atoms with Crippen LogP contribution in [0.15, 0.2) is 58.7 Å². The van der Waals surface area contributed by atoms with Gasteiger partial charge in [0.25, 0.3) is 0 Å². The molecule has 0 aromatic heterocycles. The second kappa shape index (κ2) is 13.6. The van der Waals surface area contributed by atoms with Crippen LogP contribution in [-0.2, 0) is 4.79 Å². The van der Waals surface area contributed by atoms with E-state index >= 15 is 0 Å². The van der Waals surface area contributed by atoms with Crippen LogP contribution >= 0.6 is 0 Å². The van der Waals surface area contributed by atoms with E-state index in [-0.39, 0.29) is 25.6 Å². The highest BCUT2D eigenvalue weighted by atomic mass is 16.3. The Morgan fingerprint density at radius 3 is 2.47 bits per heavy atom. The van der Waals surface area contributed by atoms with Crippen molar-refractivity contribution in [2.75, 3.05) is 19.8 Å². The molecule has 0 aliphatic heterocycles. The lowest BCUT2D eigenvalue weighted by atomic mass is 9.52. The summed E-state index contributed by atoms with van der Waals surface area (Å²) < 4.78 is 0. The van der Waals surface area contributed by atoms with Crippen molar-refractivity contribution >= 4 is 6.29 Å². The van der Waals surface area contributed by atoms with E-state index < -0.39 is 29.6 Å². The summed E-state index contributed by atoms with van der Waals surface area (Å²) in [5.41, 5.74) is 1.77. The van der Waals surface area contributed by atoms with Crippen LogP contribution in [0.4, 0.5) is 0 Å².